The summed E-state index contributed by atoms with van der Waals surface area (Å²) in [6.45, 7) is 0.746. The molecule has 1 aliphatic heterocycles. The molecule has 228 valence electrons. The Labute approximate surface area is 259 Å². The van der Waals surface area contributed by atoms with E-state index in [1.807, 2.05) is 35.0 Å². The third-order valence-corrected chi connectivity index (χ3v) is 8.78. The van der Waals surface area contributed by atoms with Crippen LogP contribution in [0.4, 0.5) is 11.4 Å². The Balaban J connectivity index is 1.34. The number of aryl methyl sites for hydroxylation is 1. The van der Waals surface area contributed by atoms with Crippen LogP contribution in [0.25, 0.3) is 28.1 Å². The van der Waals surface area contributed by atoms with E-state index in [9.17, 15) is 14.9 Å². The molecule has 0 amide bonds. The lowest BCUT2D eigenvalue weighted by molar-refractivity contribution is -0.384. The van der Waals surface area contributed by atoms with Gasteiger partial charge in [-0.1, -0.05) is 11.6 Å². The Hall–Kier alpha value is -5.29. The highest BCUT2D eigenvalue weighted by atomic mass is 16.6. The number of non-ortho nitro benzene ring substituents is 1. The molecule has 2 aromatic heterocycles. The molecule has 1 aliphatic carbocycles. The van der Waals surface area contributed by atoms with Crippen LogP contribution >= 0.6 is 0 Å². The second kappa shape index (κ2) is 11.3. The molecule has 3 aromatic carbocycles. The van der Waals surface area contributed by atoms with Crippen molar-refractivity contribution in [2.24, 2.45) is 0 Å². The van der Waals surface area contributed by atoms with Gasteiger partial charge in [-0.05, 0) is 80.6 Å². The van der Waals surface area contributed by atoms with Crippen molar-refractivity contribution in [3.63, 3.8) is 0 Å². The number of hydrogen-bond acceptors (Lipinski definition) is 8. The number of nitro benzene ring substituents is 1. The summed E-state index contributed by atoms with van der Waals surface area (Å²) < 4.78 is 15.3. The SMILES string of the molecule is COC(=O)c1ccc2c(c1)nc(-c1ccc3c(c1)NC(OC)(c1ccc([N+](=O)[O-])cc1)c1nccn1-3)n2CCC1=CCCCC1. The van der Waals surface area contributed by atoms with E-state index in [1.54, 1.807) is 37.6 Å². The van der Waals surface area contributed by atoms with Crippen molar-refractivity contribution in [1.82, 2.24) is 19.1 Å². The predicted octanol–water partition coefficient (Wildman–Crippen LogP) is 6.75. The summed E-state index contributed by atoms with van der Waals surface area (Å²) in [4.78, 5) is 32.9. The normalized spacial score (nSPS) is 17.2. The minimum atomic E-state index is -1.20. The first-order valence-electron chi connectivity index (χ1n) is 15.0. The summed E-state index contributed by atoms with van der Waals surface area (Å²) in [6.07, 6.45) is 11.6. The van der Waals surface area contributed by atoms with Gasteiger partial charge in [0.1, 0.15) is 5.82 Å². The molecule has 11 heteroatoms. The van der Waals surface area contributed by atoms with Gasteiger partial charge in [0.05, 0.1) is 40.0 Å². The van der Waals surface area contributed by atoms with Crippen molar-refractivity contribution >= 4 is 28.4 Å². The maximum Gasteiger partial charge on any atom is 0.337 e. The largest absolute Gasteiger partial charge is 0.465 e. The fourth-order valence-corrected chi connectivity index (χ4v) is 6.48. The first kappa shape index (κ1) is 28.5. The van der Waals surface area contributed by atoms with E-state index in [1.165, 1.54) is 37.7 Å². The first-order chi connectivity index (χ1) is 21.9. The average molecular weight is 605 g/mol. The molecule has 5 aromatic rings. The van der Waals surface area contributed by atoms with Crippen molar-refractivity contribution < 1.29 is 19.2 Å². The van der Waals surface area contributed by atoms with Gasteiger partial charge in [-0.2, -0.15) is 0 Å². The lowest BCUT2D eigenvalue weighted by Gasteiger charge is -2.38. The number of carbonyl (C=O) groups excluding carboxylic acids is 1. The van der Waals surface area contributed by atoms with Crippen LogP contribution in [0.2, 0.25) is 0 Å². The van der Waals surface area contributed by atoms with Gasteiger partial charge in [0.15, 0.2) is 5.82 Å². The van der Waals surface area contributed by atoms with Crippen LogP contribution in [-0.4, -0.2) is 44.2 Å². The van der Waals surface area contributed by atoms with Crippen LogP contribution in [0.3, 0.4) is 0 Å². The number of ether oxygens (including phenoxy) is 2. The van der Waals surface area contributed by atoms with Crippen molar-refractivity contribution in [1.29, 1.82) is 0 Å². The quantitative estimate of drug-likeness (QED) is 0.0892. The molecule has 7 rings (SSSR count). The minimum Gasteiger partial charge on any atom is -0.465 e. The molecule has 0 saturated heterocycles. The van der Waals surface area contributed by atoms with Gasteiger partial charge in [0.2, 0.25) is 5.72 Å². The molecule has 11 nitrogen and oxygen atoms in total. The van der Waals surface area contributed by atoms with Crippen molar-refractivity contribution in [2.75, 3.05) is 19.5 Å². The smallest absolute Gasteiger partial charge is 0.337 e. The van der Waals surface area contributed by atoms with Crippen molar-refractivity contribution in [2.45, 2.75) is 44.4 Å². The van der Waals surface area contributed by atoms with E-state index >= 15 is 0 Å². The van der Waals surface area contributed by atoms with Crippen LogP contribution in [-0.2, 0) is 21.7 Å². The molecular formula is C34H32N6O5. The third-order valence-electron chi connectivity index (χ3n) is 8.78. The van der Waals surface area contributed by atoms with Crippen LogP contribution in [0, 0.1) is 10.1 Å². The third kappa shape index (κ3) is 4.85. The average Bonchev–Trinajstić information content (AvgIpc) is 3.72. The maximum absolute atomic E-state index is 12.3. The summed E-state index contributed by atoms with van der Waals surface area (Å²) >= 11 is 0. The molecule has 1 N–H and O–H groups in total. The Bertz CT molecular complexity index is 1970. The van der Waals surface area contributed by atoms with E-state index in [0.29, 0.717) is 22.5 Å². The molecule has 2 aliphatic rings. The maximum atomic E-state index is 12.3. The molecule has 3 heterocycles. The Morgan fingerprint density at radius 3 is 2.67 bits per heavy atom. The summed E-state index contributed by atoms with van der Waals surface area (Å²) in [7, 11) is 2.96. The fourth-order valence-electron chi connectivity index (χ4n) is 6.48. The van der Waals surface area contributed by atoms with Crippen LogP contribution in [0.5, 0.6) is 0 Å². The van der Waals surface area contributed by atoms with Crippen molar-refractivity contribution in [3.05, 3.63) is 112 Å². The van der Waals surface area contributed by atoms with Gasteiger partial charge < -0.3 is 19.4 Å². The fraction of sp³-hybridized carbons (Fsp3) is 0.265. The minimum absolute atomic E-state index is 0.00918. The monoisotopic (exact) mass is 604 g/mol. The number of allylic oxidation sites excluding steroid dienone is 2. The number of esters is 1. The number of rotatable bonds is 8. The number of nitrogens with zero attached hydrogens (tertiary/aromatic N) is 5. The summed E-state index contributed by atoms with van der Waals surface area (Å²) in [5, 5.41) is 14.9. The second-order valence-corrected chi connectivity index (χ2v) is 11.3. The number of nitrogens with one attached hydrogen (secondary N) is 1. The number of nitro groups is 1. The van der Waals surface area contributed by atoms with E-state index in [4.69, 9.17) is 14.5 Å². The molecule has 0 bridgehead atoms. The predicted molar refractivity (Wildman–Crippen MR) is 169 cm³/mol. The van der Waals surface area contributed by atoms with Gasteiger partial charge in [-0.3, -0.25) is 14.7 Å². The topological polar surface area (TPSA) is 126 Å². The number of benzene rings is 3. The van der Waals surface area contributed by atoms with Gasteiger partial charge in [-0.25, -0.2) is 14.8 Å². The number of hydrogen-bond donors (Lipinski definition) is 1. The molecule has 1 atom stereocenters. The molecule has 1 unspecified atom stereocenters. The number of fused-ring (bicyclic) bond motifs is 4. The number of anilines is 1. The summed E-state index contributed by atoms with van der Waals surface area (Å²) in [6, 6.07) is 17.9. The lowest BCUT2D eigenvalue weighted by atomic mass is 9.97. The van der Waals surface area contributed by atoms with Crippen LogP contribution in [0.1, 0.15) is 53.8 Å². The molecule has 0 saturated carbocycles. The highest BCUT2D eigenvalue weighted by Crippen LogP contribution is 2.43. The van der Waals surface area contributed by atoms with E-state index in [2.05, 4.69) is 20.9 Å². The molecular weight excluding hydrogens is 572 g/mol. The zero-order valence-electron chi connectivity index (χ0n) is 25.0. The van der Waals surface area contributed by atoms with Crippen LogP contribution in [0.15, 0.2) is 84.7 Å². The highest BCUT2D eigenvalue weighted by Gasteiger charge is 2.43. The van der Waals surface area contributed by atoms with E-state index in [-0.39, 0.29) is 5.69 Å². The Morgan fingerprint density at radius 1 is 1.09 bits per heavy atom. The molecule has 0 radical (unpaired) electrons. The summed E-state index contributed by atoms with van der Waals surface area (Å²) in [5.41, 5.74) is 5.56. The van der Waals surface area contributed by atoms with Gasteiger partial charge in [0, 0.05) is 49.3 Å². The molecule has 45 heavy (non-hydrogen) atoms. The van der Waals surface area contributed by atoms with Gasteiger partial charge in [0.25, 0.3) is 5.69 Å². The highest BCUT2D eigenvalue weighted by molar-refractivity contribution is 5.94. The Kier molecular flexibility index (Phi) is 7.17. The molecule has 0 fully saturated rings. The van der Waals surface area contributed by atoms with Gasteiger partial charge in [-0.15, -0.1) is 0 Å². The zero-order chi connectivity index (χ0) is 31.1. The van der Waals surface area contributed by atoms with Crippen molar-refractivity contribution in [3.8, 4) is 17.1 Å². The summed E-state index contributed by atoms with van der Waals surface area (Å²) in [5.74, 6) is 0.974. The van der Waals surface area contributed by atoms with E-state index in [0.717, 1.165) is 54.1 Å². The number of aromatic nitrogens is 4. The first-order valence-corrected chi connectivity index (χ1v) is 15.0. The molecule has 0 spiro atoms. The van der Waals surface area contributed by atoms with Gasteiger partial charge >= 0.3 is 5.97 Å². The Morgan fingerprint density at radius 2 is 1.93 bits per heavy atom. The van der Waals surface area contributed by atoms with E-state index < -0.39 is 16.6 Å². The standard InChI is InChI=1S/C34H32N6O5/c1-44-32(41)24-9-15-29-27(21-24)36-31(38(29)18-16-22-6-4-3-5-7-22)23-8-14-30-28(20-23)37-34(45-2,33-35-17-19-39(30)33)25-10-12-26(13-11-25)40(42)43/h6,8-15,17,19-21,37H,3-5,7,16,18H2,1-2H3. The second-order valence-electron chi connectivity index (χ2n) is 11.3. The number of methoxy groups -OCH3 is 2. The zero-order valence-corrected chi connectivity index (χ0v) is 25.0. The number of carbonyl (C=O) groups is 1. The van der Waals surface area contributed by atoms with Crippen LogP contribution < -0.4 is 5.32 Å². The number of imidazole rings is 2. The lowest BCUT2D eigenvalue weighted by Crippen LogP contribution is -2.44.